The average Bonchev–Trinajstić information content (AvgIpc) is 3.21. The fourth-order valence-corrected chi connectivity index (χ4v) is 1.99. The van der Waals surface area contributed by atoms with Gasteiger partial charge in [-0.25, -0.2) is 0 Å². The van der Waals surface area contributed by atoms with Crippen LogP contribution in [0.1, 0.15) is 40.0 Å². The van der Waals surface area contributed by atoms with Crippen LogP contribution in [0.2, 0.25) is 0 Å². The van der Waals surface area contributed by atoms with E-state index in [0.29, 0.717) is 25.8 Å². The number of nitrogens with one attached hydrogen (secondary N) is 1. The van der Waals surface area contributed by atoms with E-state index in [-0.39, 0.29) is 31.1 Å². The van der Waals surface area contributed by atoms with E-state index in [9.17, 15) is 9.59 Å². The normalized spacial score (nSPS) is 14.5. The molecule has 0 aromatic rings. The fourth-order valence-electron chi connectivity index (χ4n) is 1.99. The highest BCUT2D eigenvalue weighted by Crippen LogP contribution is 2.26. The van der Waals surface area contributed by atoms with Crippen LogP contribution in [0.5, 0.6) is 0 Å². The SMILES string of the molecule is CCOC(=O)CN(CC(=O)NCCCOC(C)C)C1CC1. The van der Waals surface area contributed by atoms with Gasteiger partial charge in [-0.15, -0.1) is 0 Å². The summed E-state index contributed by atoms with van der Waals surface area (Å²) in [6.07, 6.45) is 3.12. The predicted molar refractivity (Wildman–Crippen MR) is 79.9 cm³/mol. The lowest BCUT2D eigenvalue weighted by molar-refractivity contribution is -0.144. The summed E-state index contributed by atoms with van der Waals surface area (Å²) in [6.45, 7) is 7.83. The number of esters is 1. The summed E-state index contributed by atoms with van der Waals surface area (Å²) in [5.74, 6) is -0.307. The molecule has 0 aromatic carbocycles. The van der Waals surface area contributed by atoms with Crippen molar-refractivity contribution in [3.05, 3.63) is 0 Å². The predicted octanol–water partition coefficient (Wildman–Crippen LogP) is 0.945. The molecule has 1 amide bonds. The summed E-state index contributed by atoms with van der Waals surface area (Å²) < 4.78 is 10.3. The van der Waals surface area contributed by atoms with Gasteiger partial charge >= 0.3 is 5.97 Å². The Balaban J connectivity index is 2.18. The number of rotatable bonds is 11. The van der Waals surface area contributed by atoms with Crippen molar-refractivity contribution in [3.8, 4) is 0 Å². The van der Waals surface area contributed by atoms with Crippen LogP contribution < -0.4 is 5.32 Å². The van der Waals surface area contributed by atoms with Gasteiger partial charge in [-0.2, -0.15) is 0 Å². The van der Waals surface area contributed by atoms with E-state index in [0.717, 1.165) is 19.3 Å². The Morgan fingerprint density at radius 1 is 1.29 bits per heavy atom. The van der Waals surface area contributed by atoms with Crippen LogP contribution in [0.25, 0.3) is 0 Å². The Morgan fingerprint density at radius 2 is 2.00 bits per heavy atom. The van der Waals surface area contributed by atoms with Gasteiger partial charge in [-0.05, 0) is 40.0 Å². The molecule has 0 saturated heterocycles. The number of nitrogens with zero attached hydrogens (tertiary/aromatic N) is 1. The Bertz CT molecular complexity index is 330. The molecule has 0 spiro atoms. The van der Waals surface area contributed by atoms with Gasteiger partial charge in [0.25, 0.3) is 0 Å². The second-order valence-corrected chi connectivity index (χ2v) is 5.56. The van der Waals surface area contributed by atoms with Crippen molar-refractivity contribution in [2.75, 3.05) is 32.8 Å². The molecule has 21 heavy (non-hydrogen) atoms. The van der Waals surface area contributed by atoms with Crippen molar-refractivity contribution in [1.29, 1.82) is 0 Å². The molecule has 1 aliphatic carbocycles. The van der Waals surface area contributed by atoms with Gasteiger partial charge in [0.1, 0.15) is 0 Å². The van der Waals surface area contributed by atoms with Crippen molar-refractivity contribution < 1.29 is 19.1 Å². The summed E-state index contributed by atoms with van der Waals surface area (Å²) in [4.78, 5) is 25.3. The van der Waals surface area contributed by atoms with Crippen LogP contribution in [0.3, 0.4) is 0 Å². The third-order valence-electron chi connectivity index (χ3n) is 3.14. The van der Waals surface area contributed by atoms with Crippen molar-refractivity contribution >= 4 is 11.9 Å². The molecule has 6 nitrogen and oxygen atoms in total. The third kappa shape index (κ3) is 8.67. The maximum Gasteiger partial charge on any atom is 0.320 e. The molecule has 1 saturated carbocycles. The molecule has 0 aromatic heterocycles. The zero-order valence-electron chi connectivity index (χ0n) is 13.4. The smallest absolute Gasteiger partial charge is 0.320 e. The maximum absolute atomic E-state index is 11.9. The fraction of sp³-hybridized carbons (Fsp3) is 0.867. The van der Waals surface area contributed by atoms with Crippen molar-refractivity contribution in [2.45, 2.75) is 52.2 Å². The maximum atomic E-state index is 11.9. The number of hydrogen-bond donors (Lipinski definition) is 1. The Labute approximate surface area is 127 Å². The van der Waals surface area contributed by atoms with Crippen LogP contribution >= 0.6 is 0 Å². The number of carbonyl (C=O) groups is 2. The van der Waals surface area contributed by atoms with Crippen molar-refractivity contribution in [1.82, 2.24) is 10.2 Å². The molecule has 6 heteroatoms. The second kappa shape index (κ2) is 9.73. The zero-order chi connectivity index (χ0) is 15.7. The highest BCUT2D eigenvalue weighted by Gasteiger charge is 2.31. The van der Waals surface area contributed by atoms with E-state index in [1.165, 1.54) is 0 Å². The van der Waals surface area contributed by atoms with Gasteiger partial charge < -0.3 is 14.8 Å². The van der Waals surface area contributed by atoms with E-state index >= 15 is 0 Å². The molecule has 0 atom stereocenters. The van der Waals surface area contributed by atoms with Gasteiger partial charge in [-0.1, -0.05) is 0 Å². The summed E-state index contributed by atoms with van der Waals surface area (Å²) in [7, 11) is 0. The number of carbonyl (C=O) groups excluding carboxylic acids is 2. The minimum absolute atomic E-state index is 0.0456. The summed E-state index contributed by atoms with van der Waals surface area (Å²) in [5, 5.41) is 2.86. The van der Waals surface area contributed by atoms with Crippen LogP contribution in [0, 0.1) is 0 Å². The monoisotopic (exact) mass is 300 g/mol. The van der Waals surface area contributed by atoms with E-state index in [2.05, 4.69) is 5.32 Å². The zero-order valence-corrected chi connectivity index (χ0v) is 13.4. The molecule has 0 bridgehead atoms. The van der Waals surface area contributed by atoms with Crippen LogP contribution in [0.15, 0.2) is 0 Å². The molecule has 1 N–H and O–H groups in total. The number of hydrogen-bond acceptors (Lipinski definition) is 5. The van der Waals surface area contributed by atoms with E-state index in [1.807, 2.05) is 18.7 Å². The van der Waals surface area contributed by atoms with E-state index in [1.54, 1.807) is 6.92 Å². The van der Waals surface area contributed by atoms with Crippen LogP contribution in [-0.2, 0) is 19.1 Å². The molecule has 0 radical (unpaired) electrons. The van der Waals surface area contributed by atoms with E-state index in [4.69, 9.17) is 9.47 Å². The minimum Gasteiger partial charge on any atom is -0.465 e. The standard InChI is InChI=1S/C15H28N2O4/c1-4-20-15(19)11-17(13-6-7-13)10-14(18)16-8-5-9-21-12(2)3/h12-13H,4-11H2,1-3H3,(H,16,18). The minimum atomic E-state index is -0.262. The molecule has 0 unspecified atom stereocenters. The summed E-state index contributed by atoms with van der Waals surface area (Å²) >= 11 is 0. The van der Waals surface area contributed by atoms with Gasteiger partial charge in [0.2, 0.25) is 5.91 Å². The Hall–Kier alpha value is -1.14. The number of amides is 1. The van der Waals surface area contributed by atoms with Crippen LogP contribution in [-0.4, -0.2) is 61.8 Å². The van der Waals surface area contributed by atoms with Gasteiger partial charge in [0, 0.05) is 19.2 Å². The molecule has 1 rings (SSSR count). The average molecular weight is 300 g/mol. The van der Waals surface area contributed by atoms with Crippen molar-refractivity contribution in [2.24, 2.45) is 0 Å². The first-order valence-corrected chi connectivity index (χ1v) is 7.81. The lowest BCUT2D eigenvalue weighted by Gasteiger charge is -2.20. The summed E-state index contributed by atoms with van der Waals surface area (Å²) in [5.41, 5.74) is 0. The first-order valence-electron chi connectivity index (χ1n) is 7.81. The quantitative estimate of drug-likeness (QED) is 0.454. The lowest BCUT2D eigenvalue weighted by Crippen LogP contribution is -2.41. The second-order valence-electron chi connectivity index (χ2n) is 5.56. The van der Waals surface area contributed by atoms with Crippen LogP contribution in [0.4, 0.5) is 0 Å². The lowest BCUT2D eigenvalue weighted by atomic mass is 10.4. The van der Waals surface area contributed by atoms with Gasteiger partial charge in [0.15, 0.2) is 0 Å². The highest BCUT2D eigenvalue weighted by molar-refractivity contribution is 5.79. The van der Waals surface area contributed by atoms with E-state index < -0.39 is 0 Å². The topological polar surface area (TPSA) is 67.9 Å². The van der Waals surface area contributed by atoms with Gasteiger partial charge in [0.05, 0.1) is 25.8 Å². The molecule has 1 fully saturated rings. The molecule has 122 valence electrons. The molecule has 0 heterocycles. The Kier molecular flexibility index (Phi) is 8.30. The van der Waals surface area contributed by atoms with Crippen molar-refractivity contribution in [3.63, 3.8) is 0 Å². The number of ether oxygens (including phenoxy) is 2. The molecule has 0 aliphatic heterocycles. The largest absolute Gasteiger partial charge is 0.465 e. The molecule has 1 aliphatic rings. The van der Waals surface area contributed by atoms with Gasteiger partial charge in [-0.3, -0.25) is 14.5 Å². The third-order valence-corrected chi connectivity index (χ3v) is 3.14. The molecular formula is C15H28N2O4. The molecular weight excluding hydrogens is 272 g/mol. The first-order chi connectivity index (χ1) is 10.0. The summed E-state index contributed by atoms with van der Waals surface area (Å²) in [6, 6.07) is 0.351. The first kappa shape index (κ1) is 17.9. The highest BCUT2D eigenvalue weighted by atomic mass is 16.5. The Morgan fingerprint density at radius 3 is 2.57 bits per heavy atom.